The van der Waals surface area contributed by atoms with Crippen LogP contribution in [0.3, 0.4) is 0 Å². The van der Waals surface area contributed by atoms with Gasteiger partial charge in [0.2, 0.25) is 5.91 Å². The first kappa shape index (κ1) is 17.0. The Morgan fingerprint density at radius 3 is 2.68 bits per heavy atom. The lowest BCUT2D eigenvalue weighted by Gasteiger charge is -2.20. The summed E-state index contributed by atoms with van der Waals surface area (Å²) in [5.74, 6) is 0.575. The molecule has 0 bridgehead atoms. The van der Waals surface area contributed by atoms with Crippen molar-refractivity contribution in [2.24, 2.45) is 0 Å². The number of carbonyl (C=O) groups is 2. The average Bonchev–Trinajstić information content (AvgIpc) is 3.02. The molecule has 1 aliphatic rings. The molecule has 1 saturated heterocycles. The Morgan fingerprint density at radius 2 is 2.00 bits per heavy atom. The summed E-state index contributed by atoms with van der Waals surface area (Å²) >= 11 is 0. The zero-order valence-electron chi connectivity index (χ0n) is 14.4. The first-order valence-corrected chi connectivity index (χ1v) is 8.27. The van der Waals surface area contributed by atoms with Crippen molar-refractivity contribution in [3.05, 3.63) is 65.2 Å². The van der Waals surface area contributed by atoms with E-state index in [9.17, 15) is 9.59 Å². The number of rotatable bonds is 5. The van der Waals surface area contributed by atoms with Gasteiger partial charge < -0.3 is 9.47 Å². The van der Waals surface area contributed by atoms with Crippen LogP contribution in [0.25, 0.3) is 0 Å². The highest BCUT2D eigenvalue weighted by molar-refractivity contribution is 5.93. The SMILES string of the molecule is COc1ccc(CCC(=O)N2C(=O)OC[C@@H]2c2ccccc2)c(C)c1. The van der Waals surface area contributed by atoms with Crippen molar-refractivity contribution >= 4 is 12.0 Å². The van der Waals surface area contributed by atoms with Gasteiger partial charge in [0.15, 0.2) is 0 Å². The van der Waals surface area contributed by atoms with E-state index in [1.165, 1.54) is 4.90 Å². The van der Waals surface area contributed by atoms with Crippen molar-refractivity contribution < 1.29 is 19.1 Å². The molecule has 2 amide bonds. The predicted octanol–water partition coefficient (Wildman–Crippen LogP) is 3.66. The third-order valence-corrected chi connectivity index (χ3v) is 4.48. The molecule has 1 heterocycles. The number of methoxy groups -OCH3 is 1. The smallest absolute Gasteiger partial charge is 0.417 e. The van der Waals surface area contributed by atoms with Gasteiger partial charge in [-0.25, -0.2) is 9.69 Å². The quantitative estimate of drug-likeness (QED) is 0.834. The Labute approximate surface area is 147 Å². The van der Waals surface area contributed by atoms with Crippen LogP contribution >= 0.6 is 0 Å². The third kappa shape index (κ3) is 3.65. The van der Waals surface area contributed by atoms with Gasteiger partial charge in [-0.1, -0.05) is 36.4 Å². The van der Waals surface area contributed by atoms with E-state index in [0.717, 1.165) is 22.4 Å². The standard InChI is InChI=1S/C20H21NO4/c1-14-12-17(24-2)10-8-15(14)9-11-19(22)21-18(13-25-20(21)23)16-6-4-3-5-7-16/h3-8,10,12,18H,9,11,13H2,1-2H3/t18-/m1/s1. The van der Waals surface area contributed by atoms with Gasteiger partial charge in [-0.15, -0.1) is 0 Å². The van der Waals surface area contributed by atoms with Crippen molar-refractivity contribution in [2.75, 3.05) is 13.7 Å². The number of benzene rings is 2. The Bertz CT molecular complexity index is 773. The van der Waals surface area contributed by atoms with Gasteiger partial charge in [0.25, 0.3) is 0 Å². The molecule has 0 saturated carbocycles. The Morgan fingerprint density at radius 1 is 1.24 bits per heavy atom. The van der Waals surface area contributed by atoms with Crippen LogP contribution in [0.5, 0.6) is 5.75 Å². The summed E-state index contributed by atoms with van der Waals surface area (Å²) < 4.78 is 10.3. The maximum atomic E-state index is 12.6. The minimum atomic E-state index is -0.565. The molecular formula is C20H21NO4. The van der Waals surface area contributed by atoms with Crippen LogP contribution < -0.4 is 4.74 Å². The molecule has 130 valence electrons. The number of cyclic esters (lactones) is 1. The van der Waals surface area contributed by atoms with E-state index in [2.05, 4.69) is 0 Å². The van der Waals surface area contributed by atoms with Crippen LogP contribution in [0, 0.1) is 6.92 Å². The zero-order valence-corrected chi connectivity index (χ0v) is 14.4. The molecule has 0 spiro atoms. The van der Waals surface area contributed by atoms with Crippen molar-refractivity contribution in [3.8, 4) is 5.75 Å². The number of amides is 2. The first-order chi connectivity index (χ1) is 12.1. The van der Waals surface area contributed by atoms with Crippen LogP contribution in [-0.2, 0) is 16.0 Å². The number of hydrogen-bond donors (Lipinski definition) is 0. The molecule has 5 heteroatoms. The fourth-order valence-corrected chi connectivity index (χ4v) is 3.06. The van der Waals surface area contributed by atoms with Crippen LogP contribution in [0.1, 0.15) is 29.2 Å². The lowest BCUT2D eigenvalue weighted by molar-refractivity contribution is -0.129. The second-order valence-electron chi connectivity index (χ2n) is 6.06. The van der Waals surface area contributed by atoms with E-state index in [0.29, 0.717) is 6.42 Å². The second kappa shape index (κ2) is 7.38. The van der Waals surface area contributed by atoms with E-state index in [1.54, 1.807) is 7.11 Å². The highest BCUT2D eigenvalue weighted by Crippen LogP contribution is 2.28. The van der Waals surface area contributed by atoms with Crippen molar-refractivity contribution in [1.29, 1.82) is 0 Å². The van der Waals surface area contributed by atoms with Gasteiger partial charge in [0.05, 0.1) is 7.11 Å². The summed E-state index contributed by atoms with van der Waals surface area (Å²) in [6.07, 6.45) is 0.260. The lowest BCUT2D eigenvalue weighted by atomic mass is 10.0. The van der Waals surface area contributed by atoms with Gasteiger partial charge in [-0.05, 0) is 42.2 Å². The largest absolute Gasteiger partial charge is 0.497 e. The number of imide groups is 1. The Kier molecular flexibility index (Phi) is 5.03. The molecule has 1 atom stereocenters. The van der Waals surface area contributed by atoms with Crippen molar-refractivity contribution in [2.45, 2.75) is 25.8 Å². The van der Waals surface area contributed by atoms with Crippen LogP contribution in [-0.4, -0.2) is 30.6 Å². The second-order valence-corrected chi connectivity index (χ2v) is 6.06. The number of nitrogens with zero attached hydrogens (tertiary/aromatic N) is 1. The third-order valence-electron chi connectivity index (χ3n) is 4.48. The summed E-state index contributed by atoms with van der Waals surface area (Å²) in [5.41, 5.74) is 3.04. The molecule has 1 aliphatic heterocycles. The number of ether oxygens (including phenoxy) is 2. The van der Waals surface area contributed by atoms with Gasteiger partial charge in [-0.2, -0.15) is 0 Å². The molecule has 0 N–H and O–H groups in total. The number of hydrogen-bond acceptors (Lipinski definition) is 4. The maximum Gasteiger partial charge on any atom is 0.417 e. The molecule has 5 nitrogen and oxygen atoms in total. The minimum absolute atomic E-state index is 0.205. The minimum Gasteiger partial charge on any atom is -0.497 e. The summed E-state index contributed by atoms with van der Waals surface area (Å²) in [7, 11) is 1.63. The van der Waals surface area contributed by atoms with E-state index in [-0.39, 0.29) is 25.0 Å². The zero-order chi connectivity index (χ0) is 17.8. The van der Waals surface area contributed by atoms with Gasteiger partial charge >= 0.3 is 6.09 Å². The lowest BCUT2D eigenvalue weighted by Crippen LogP contribution is -2.34. The van der Waals surface area contributed by atoms with E-state index in [4.69, 9.17) is 9.47 Å². The van der Waals surface area contributed by atoms with E-state index < -0.39 is 6.09 Å². The summed E-state index contributed by atoms with van der Waals surface area (Å²) in [6, 6.07) is 14.9. The summed E-state index contributed by atoms with van der Waals surface area (Å²) in [4.78, 5) is 25.9. The van der Waals surface area contributed by atoms with Gasteiger partial charge in [0.1, 0.15) is 18.4 Å². The molecule has 2 aromatic carbocycles. The molecule has 1 fully saturated rings. The maximum absolute atomic E-state index is 12.6. The topological polar surface area (TPSA) is 55.8 Å². The molecule has 0 aromatic heterocycles. The molecule has 3 rings (SSSR count). The molecule has 0 radical (unpaired) electrons. The first-order valence-electron chi connectivity index (χ1n) is 8.27. The van der Waals surface area contributed by atoms with E-state index >= 15 is 0 Å². The van der Waals surface area contributed by atoms with Crippen LogP contribution in [0.4, 0.5) is 4.79 Å². The monoisotopic (exact) mass is 339 g/mol. The number of carbonyl (C=O) groups excluding carboxylic acids is 2. The fourth-order valence-electron chi connectivity index (χ4n) is 3.06. The van der Waals surface area contributed by atoms with Gasteiger partial charge in [-0.3, -0.25) is 4.79 Å². The average molecular weight is 339 g/mol. The van der Waals surface area contributed by atoms with E-state index in [1.807, 2.05) is 55.5 Å². The molecule has 2 aromatic rings. The van der Waals surface area contributed by atoms with Crippen molar-refractivity contribution in [1.82, 2.24) is 4.90 Å². The predicted molar refractivity (Wildman–Crippen MR) is 93.4 cm³/mol. The fraction of sp³-hybridized carbons (Fsp3) is 0.300. The molecule has 0 aliphatic carbocycles. The number of aryl methyl sites for hydroxylation is 2. The Hall–Kier alpha value is -2.82. The summed E-state index contributed by atoms with van der Waals surface area (Å²) in [6.45, 7) is 2.19. The normalized spacial score (nSPS) is 16.6. The molecular weight excluding hydrogens is 318 g/mol. The molecule has 25 heavy (non-hydrogen) atoms. The molecule has 0 unspecified atom stereocenters. The highest BCUT2D eigenvalue weighted by Gasteiger charge is 2.38. The Balaban J connectivity index is 1.70. The summed E-state index contributed by atoms with van der Waals surface area (Å²) in [5, 5.41) is 0. The van der Waals surface area contributed by atoms with Crippen LogP contribution in [0.15, 0.2) is 48.5 Å². The van der Waals surface area contributed by atoms with Crippen LogP contribution in [0.2, 0.25) is 0 Å². The highest BCUT2D eigenvalue weighted by atomic mass is 16.6. The van der Waals surface area contributed by atoms with Crippen molar-refractivity contribution in [3.63, 3.8) is 0 Å². The van der Waals surface area contributed by atoms with Gasteiger partial charge in [0, 0.05) is 6.42 Å².